The molecule has 0 aliphatic heterocycles. The van der Waals surface area contributed by atoms with Crippen LogP contribution in [0.5, 0.6) is 0 Å². The Hall–Kier alpha value is -2.51. The summed E-state index contributed by atoms with van der Waals surface area (Å²) in [5.41, 5.74) is 2.71. The van der Waals surface area contributed by atoms with Gasteiger partial charge in [-0.25, -0.2) is 0 Å². The molecule has 0 saturated carbocycles. The van der Waals surface area contributed by atoms with Gasteiger partial charge in [-0.2, -0.15) is 0 Å². The number of aldehydes is 1. The molecule has 37 heavy (non-hydrogen) atoms. The summed E-state index contributed by atoms with van der Waals surface area (Å²) in [5.74, 6) is 0.826. The van der Waals surface area contributed by atoms with Crippen LogP contribution in [0.3, 0.4) is 0 Å². The molecule has 0 aliphatic rings. The van der Waals surface area contributed by atoms with Gasteiger partial charge in [0.2, 0.25) is 5.91 Å². The maximum absolute atomic E-state index is 14.0. The molecule has 5 nitrogen and oxygen atoms in total. The van der Waals surface area contributed by atoms with Crippen LogP contribution in [0, 0.1) is 0 Å². The molecular weight excluding hydrogens is 525 g/mol. The number of carbonyl (C=O) groups is 2. The smallest absolute Gasteiger partial charge is 0.245 e. The van der Waals surface area contributed by atoms with Crippen molar-refractivity contribution >= 4 is 58.5 Å². The summed E-state index contributed by atoms with van der Waals surface area (Å²) in [6, 6.07) is 26.6. The molecule has 2 atom stereocenters. The van der Waals surface area contributed by atoms with E-state index in [4.69, 9.17) is 23.2 Å². The van der Waals surface area contributed by atoms with Crippen LogP contribution in [0.2, 0.25) is 0 Å². The molecule has 0 radical (unpaired) electrons. The van der Waals surface area contributed by atoms with Crippen molar-refractivity contribution in [2.75, 3.05) is 41.7 Å². The molecule has 0 fully saturated rings. The summed E-state index contributed by atoms with van der Waals surface area (Å²) in [6.07, 6.45) is 1.35. The number of thioether (sulfide) groups is 1. The van der Waals surface area contributed by atoms with E-state index in [0.717, 1.165) is 22.4 Å². The molecule has 0 spiro atoms. The minimum absolute atomic E-state index is 0.174. The molecule has 3 aromatic rings. The Morgan fingerprint density at radius 3 is 2.00 bits per heavy atom. The Morgan fingerprint density at radius 2 is 1.49 bits per heavy atom. The van der Waals surface area contributed by atoms with Crippen LogP contribution in [-0.4, -0.2) is 55.0 Å². The van der Waals surface area contributed by atoms with Gasteiger partial charge in [-0.15, -0.1) is 23.2 Å². The average Bonchev–Trinajstić information content (AvgIpc) is 2.93. The highest BCUT2D eigenvalue weighted by molar-refractivity contribution is 8.01. The first-order valence-electron chi connectivity index (χ1n) is 12.2. The minimum Gasteiger partial charge on any atom is -0.369 e. The first kappa shape index (κ1) is 29.1. The van der Waals surface area contributed by atoms with E-state index in [2.05, 4.69) is 10.2 Å². The van der Waals surface area contributed by atoms with Gasteiger partial charge >= 0.3 is 0 Å². The molecule has 0 aromatic heterocycles. The number of para-hydroxylation sites is 1. The van der Waals surface area contributed by atoms with E-state index in [1.807, 2.05) is 84.9 Å². The van der Waals surface area contributed by atoms with Crippen molar-refractivity contribution in [3.05, 3.63) is 90.5 Å². The quantitative estimate of drug-likeness (QED) is 0.117. The number of anilines is 2. The largest absolute Gasteiger partial charge is 0.369 e. The van der Waals surface area contributed by atoms with Gasteiger partial charge in [0.15, 0.2) is 11.2 Å². The third kappa shape index (κ3) is 7.74. The minimum atomic E-state index is -1.18. The topological polar surface area (TPSA) is 52.7 Å². The zero-order valence-electron chi connectivity index (χ0n) is 21.1. The van der Waals surface area contributed by atoms with Crippen molar-refractivity contribution in [3.63, 3.8) is 0 Å². The molecule has 1 amide bonds. The van der Waals surface area contributed by atoms with Crippen molar-refractivity contribution in [1.82, 2.24) is 5.32 Å². The summed E-state index contributed by atoms with van der Waals surface area (Å²) in [7, 11) is 1.77. The lowest BCUT2D eigenvalue weighted by atomic mass is 10.0. The Balaban J connectivity index is 1.92. The molecule has 3 aromatic carbocycles. The molecule has 8 heteroatoms. The number of rotatable bonds is 14. The standard InChI is InChI=1S/C29H33Cl2N3O2S/c1-29(22-35,37-26-15-13-24(14-16-26)33(19-17-30)20-18-31)34(25-11-7-4-8-12-25)28(36)27(32-2)21-23-9-5-3-6-10-23/h3-16,22,27,32H,17-21H2,1-2H3/t27-,29?/m0/s1. The lowest BCUT2D eigenvalue weighted by molar-refractivity contribution is -0.123. The maximum atomic E-state index is 14.0. The van der Waals surface area contributed by atoms with E-state index in [0.29, 0.717) is 37.0 Å². The fraction of sp³-hybridized carbons (Fsp3) is 0.310. The van der Waals surface area contributed by atoms with Gasteiger partial charge < -0.3 is 10.2 Å². The van der Waals surface area contributed by atoms with Crippen molar-refractivity contribution in [2.24, 2.45) is 0 Å². The first-order chi connectivity index (χ1) is 18.0. The molecule has 196 valence electrons. The lowest BCUT2D eigenvalue weighted by Crippen LogP contribution is -2.56. The van der Waals surface area contributed by atoms with Crippen molar-refractivity contribution in [2.45, 2.75) is 29.2 Å². The van der Waals surface area contributed by atoms with Gasteiger partial charge in [-0.3, -0.25) is 14.5 Å². The van der Waals surface area contributed by atoms with Crippen LogP contribution >= 0.6 is 35.0 Å². The van der Waals surface area contributed by atoms with E-state index in [9.17, 15) is 9.59 Å². The summed E-state index contributed by atoms with van der Waals surface area (Å²) in [4.78, 5) is 30.1. The monoisotopic (exact) mass is 557 g/mol. The number of carbonyl (C=O) groups excluding carboxylic acids is 2. The van der Waals surface area contributed by atoms with E-state index < -0.39 is 10.9 Å². The number of likely N-dealkylation sites (N-methyl/N-ethyl adjacent to an activating group) is 1. The number of hydrogen-bond donors (Lipinski definition) is 1. The molecule has 0 aliphatic carbocycles. The van der Waals surface area contributed by atoms with Crippen LogP contribution < -0.4 is 15.1 Å². The van der Waals surface area contributed by atoms with Crippen LogP contribution in [0.15, 0.2) is 89.8 Å². The zero-order chi connectivity index (χ0) is 26.7. The van der Waals surface area contributed by atoms with Gasteiger partial charge in [-0.05, 0) is 62.4 Å². The lowest BCUT2D eigenvalue weighted by Gasteiger charge is -2.39. The highest BCUT2D eigenvalue weighted by Crippen LogP contribution is 2.38. The van der Waals surface area contributed by atoms with E-state index >= 15 is 0 Å². The summed E-state index contributed by atoms with van der Waals surface area (Å²) in [5, 5.41) is 3.16. The predicted octanol–water partition coefficient (Wildman–Crippen LogP) is 5.84. The number of hydrogen-bond acceptors (Lipinski definition) is 5. The fourth-order valence-corrected chi connectivity index (χ4v) is 5.65. The number of nitrogens with one attached hydrogen (secondary N) is 1. The second-order valence-electron chi connectivity index (χ2n) is 8.67. The summed E-state index contributed by atoms with van der Waals surface area (Å²) in [6.45, 7) is 3.16. The highest BCUT2D eigenvalue weighted by Gasteiger charge is 2.40. The third-order valence-electron chi connectivity index (χ3n) is 6.06. The van der Waals surface area contributed by atoms with Crippen molar-refractivity contribution in [1.29, 1.82) is 0 Å². The van der Waals surface area contributed by atoms with Gasteiger partial charge in [-0.1, -0.05) is 60.3 Å². The fourth-order valence-electron chi connectivity index (χ4n) is 4.16. The van der Waals surface area contributed by atoms with Crippen LogP contribution in [0.25, 0.3) is 0 Å². The average molecular weight is 559 g/mol. The van der Waals surface area contributed by atoms with Crippen molar-refractivity contribution < 1.29 is 9.59 Å². The molecule has 0 bridgehead atoms. The van der Waals surface area contributed by atoms with Gasteiger partial charge in [0.05, 0.1) is 6.04 Å². The van der Waals surface area contributed by atoms with Gasteiger partial charge in [0.25, 0.3) is 0 Å². The van der Waals surface area contributed by atoms with E-state index in [-0.39, 0.29) is 5.91 Å². The molecule has 1 unspecified atom stereocenters. The first-order valence-corrected chi connectivity index (χ1v) is 14.1. The molecule has 1 N–H and O–H groups in total. The number of alkyl halides is 2. The molecule has 0 heterocycles. The van der Waals surface area contributed by atoms with Gasteiger partial charge in [0.1, 0.15) is 0 Å². The Kier molecular flexibility index (Phi) is 11.3. The van der Waals surface area contributed by atoms with E-state index in [1.165, 1.54) is 11.8 Å². The Morgan fingerprint density at radius 1 is 0.919 bits per heavy atom. The molecule has 3 rings (SSSR count). The Bertz CT molecular complexity index is 1110. The van der Waals surface area contributed by atoms with Crippen LogP contribution in [0.1, 0.15) is 12.5 Å². The summed E-state index contributed by atoms with van der Waals surface area (Å²) < 4.78 is 0. The highest BCUT2D eigenvalue weighted by atomic mass is 35.5. The van der Waals surface area contributed by atoms with Crippen molar-refractivity contribution in [3.8, 4) is 0 Å². The third-order valence-corrected chi connectivity index (χ3v) is 7.60. The van der Waals surface area contributed by atoms with Gasteiger partial charge in [0, 0.05) is 41.1 Å². The zero-order valence-corrected chi connectivity index (χ0v) is 23.5. The maximum Gasteiger partial charge on any atom is 0.245 e. The predicted molar refractivity (Wildman–Crippen MR) is 157 cm³/mol. The Labute approximate surface area is 234 Å². The normalized spacial score (nSPS) is 13.4. The number of amides is 1. The van der Waals surface area contributed by atoms with E-state index in [1.54, 1.807) is 18.9 Å². The number of halogens is 2. The second kappa shape index (κ2) is 14.4. The molecule has 0 saturated heterocycles. The number of nitrogens with zero attached hydrogens (tertiary/aromatic N) is 2. The number of benzene rings is 3. The summed E-state index contributed by atoms with van der Waals surface area (Å²) >= 11 is 13.3. The molecular formula is C29H33Cl2N3O2S. The SMILES string of the molecule is CN[C@@H](Cc1ccccc1)C(=O)N(c1ccccc1)C(C)(C=O)Sc1ccc(N(CCCl)CCCl)cc1. The second-order valence-corrected chi connectivity index (χ2v) is 10.9. The van der Waals surface area contributed by atoms with Crippen LogP contribution in [-0.2, 0) is 16.0 Å². The van der Waals surface area contributed by atoms with Crippen LogP contribution in [0.4, 0.5) is 11.4 Å².